The van der Waals surface area contributed by atoms with Gasteiger partial charge in [-0.1, -0.05) is 12.1 Å². The molecule has 0 aromatic heterocycles. The summed E-state index contributed by atoms with van der Waals surface area (Å²) in [5, 5.41) is 3.48. The Labute approximate surface area is 116 Å². The van der Waals surface area contributed by atoms with Gasteiger partial charge in [0.15, 0.2) is 0 Å². The number of ether oxygens (including phenoxy) is 2. The molecule has 1 unspecified atom stereocenters. The average Bonchev–Trinajstić information content (AvgIpc) is 2.47. The lowest BCUT2D eigenvalue weighted by Gasteiger charge is -2.22. The molecule has 1 atom stereocenters. The highest BCUT2D eigenvalue weighted by Crippen LogP contribution is 2.15. The minimum atomic E-state index is 0.474. The largest absolute Gasteiger partial charge is 0.494 e. The Bertz CT molecular complexity index is 344. The third kappa shape index (κ3) is 5.21. The fourth-order valence-corrected chi connectivity index (χ4v) is 2.40. The molecule has 1 aromatic rings. The zero-order chi connectivity index (χ0) is 13.3. The van der Waals surface area contributed by atoms with Crippen LogP contribution >= 0.6 is 0 Å². The second kappa shape index (κ2) is 8.18. The molecule has 2 rings (SSSR count). The summed E-state index contributed by atoms with van der Waals surface area (Å²) in [6.45, 7) is 5.61. The molecular weight excluding hydrogens is 238 g/mol. The Morgan fingerprint density at radius 3 is 2.79 bits per heavy atom. The Balaban J connectivity index is 1.62. The van der Waals surface area contributed by atoms with Crippen LogP contribution in [0.3, 0.4) is 0 Å². The van der Waals surface area contributed by atoms with E-state index in [-0.39, 0.29) is 0 Å². The van der Waals surface area contributed by atoms with Crippen molar-refractivity contribution in [3.63, 3.8) is 0 Å². The number of hydrogen-bond acceptors (Lipinski definition) is 3. The van der Waals surface area contributed by atoms with Gasteiger partial charge in [-0.15, -0.1) is 0 Å². The highest BCUT2D eigenvalue weighted by molar-refractivity contribution is 5.27. The van der Waals surface area contributed by atoms with Gasteiger partial charge >= 0.3 is 0 Å². The predicted octanol–water partition coefficient (Wildman–Crippen LogP) is 3.13. The monoisotopic (exact) mass is 263 g/mol. The first-order valence-electron chi connectivity index (χ1n) is 7.42. The number of nitrogens with one attached hydrogen (secondary N) is 1. The molecule has 0 radical (unpaired) electrons. The molecule has 1 aliphatic rings. The molecular formula is C16H25NO2. The third-order valence-corrected chi connectivity index (χ3v) is 3.48. The number of hydrogen-bond donors (Lipinski definition) is 1. The van der Waals surface area contributed by atoms with Crippen molar-refractivity contribution in [1.29, 1.82) is 0 Å². The predicted molar refractivity (Wildman–Crippen MR) is 77.5 cm³/mol. The van der Waals surface area contributed by atoms with E-state index >= 15 is 0 Å². The summed E-state index contributed by atoms with van der Waals surface area (Å²) in [4.78, 5) is 0. The van der Waals surface area contributed by atoms with Gasteiger partial charge in [-0.2, -0.15) is 0 Å². The maximum Gasteiger partial charge on any atom is 0.119 e. The van der Waals surface area contributed by atoms with E-state index in [2.05, 4.69) is 17.4 Å². The normalized spacial score (nSPS) is 19.3. The Hall–Kier alpha value is -1.06. The highest BCUT2D eigenvalue weighted by Gasteiger charge is 2.12. The zero-order valence-corrected chi connectivity index (χ0v) is 11.9. The molecule has 0 bridgehead atoms. The fraction of sp³-hybridized carbons (Fsp3) is 0.625. The maximum absolute atomic E-state index is 5.72. The molecule has 0 spiro atoms. The lowest BCUT2D eigenvalue weighted by Crippen LogP contribution is -2.25. The summed E-state index contributed by atoms with van der Waals surface area (Å²) in [6.07, 6.45) is 5.38. The van der Waals surface area contributed by atoms with Crippen LogP contribution in [0, 0.1) is 0 Å². The molecule has 3 heteroatoms. The van der Waals surface area contributed by atoms with Gasteiger partial charge in [0.2, 0.25) is 0 Å². The lowest BCUT2D eigenvalue weighted by molar-refractivity contribution is 0.0115. The molecule has 0 saturated carbocycles. The summed E-state index contributed by atoms with van der Waals surface area (Å²) in [6, 6.07) is 8.31. The van der Waals surface area contributed by atoms with E-state index in [9.17, 15) is 0 Å². The first-order valence-corrected chi connectivity index (χ1v) is 7.42. The summed E-state index contributed by atoms with van der Waals surface area (Å²) >= 11 is 0. The molecule has 1 heterocycles. The highest BCUT2D eigenvalue weighted by atomic mass is 16.5. The van der Waals surface area contributed by atoms with Crippen LogP contribution < -0.4 is 10.1 Å². The molecule has 1 aliphatic heterocycles. The van der Waals surface area contributed by atoms with Crippen molar-refractivity contribution in [2.24, 2.45) is 0 Å². The molecule has 0 aliphatic carbocycles. The summed E-state index contributed by atoms with van der Waals surface area (Å²) in [7, 11) is 0. The third-order valence-electron chi connectivity index (χ3n) is 3.48. The van der Waals surface area contributed by atoms with E-state index in [0.29, 0.717) is 6.10 Å². The summed E-state index contributed by atoms with van der Waals surface area (Å²) < 4.78 is 11.1. The van der Waals surface area contributed by atoms with E-state index < -0.39 is 0 Å². The molecule has 1 aromatic carbocycles. The van der Waals surface area contributed by atoms with Crippen LogP contribution in [0.15, 0.2) is 24.3 Å². The smallest absolute Gasteiger partial charge is 0.119 e. The Kier molecular flexibility index (Phi) is 6.18. The minimum absolute atomic E-state index is 0.474. The van der Waals surface area contributed by atoms with E-state index in [4.69, 9.17) is 9.47 Å². The number of rotatable bonds is 7. The molecule has 19 heavy (non-hydrogen) atoms. The standard InChI is InChI=1S/C16H25NO2/c1-2-18-16-8-6-14(7-9-16)13-17-11-10-15-5-3-4-12-19-15/h6-9,15,17H,2-5,10-13H2,1H3. The van der Waals surface area contributed by atoms with Crippen LogP contribution in [0.1, 0.15) is 38.2 Å². The van der Waals surface area contributed by atoms with Gasteiger partial charge in [-0.05, 0) is 56.8 Å². The van der Waals surface area contributed by atoms with Gasteiger partial charge in [0.05, 0.1) is 12.7 Å². The Morgan fingerprint density at radius 2 is 2.11 bits per heavy atom. The van der Waals surface area contributed by atoms with Crippen molar-refractivity contribution in [2.75, 3.05) is 19.8 Å². The molecule has 0 amide bonds. The minimum Gasteiger partial charge on any atom is -0.494 e. The van der Waals surface area contributed by atoms with Crippen LogP contribution in [-0.2, 0) is 11.3 Å². The van der Waals surface area contributed by atoms with Crippen LogP contribution in [0.5, 0.6) is 5.75 Å². The first kappa shape index (κ1) is 14.4. The van der Waals surface area contributed by atoms with Crippen LogP contribution in [0.4, 0.5) is 0 Å². The maximum atomic E-state index is 5.72. The fourth-order valence-electron chi connectivity index (χ4n) is 2.40. The van der Waals surface area contributed by atoms with Crippen molar-refractivity contribution in [3.05, 3.63) is 29.8 Å². The quantitative estimate of drug-likeness (QED) is 0.767. The second-order valence-corrected chi connectivity index (χ2v) is 5.03. The van der Waals surface area contributed by atoms with Crippen molar-refractivity contribution < 1.29 is 9.47 Å². The topological polar surface area (TPSA) is 30.5 Å². The molecule has 1 N–H and O–H groups in total. The molecule has 3 nitrogen and oxygen atoms in total. The van der Waals surface area contributed by atoms with Crippen molar-refractivity contribution in [2.45, 2.75) is 45.3 Å². The molecule has 106 valence electrons. The SMILES string of the molecule is CCOc1ccc(CNCCC2CCCCO2)cc1. The van der Waals surface area contributed by atoms with Gasteiger partial charge in [0.25, 0.3) is 0 Å². The van der Waals surface area contributed by atoms with E-state index in [1.807, 2.05) is 19.1 Å². The van der Waals surface area contributed by atoms with Crippen molar-refractivity contribution >= 4 is 0 Å². The van der Waals surface area contributed by atoms with Crippen LogP contribution in [-0.4, -0.2) is 25.9 Å². The van der Waals surface area contributed by atoms with Gasteiger partial charge in [0, 0.05) is 13.2 Å². The Morgan fingerprint density at radius 1 is 1.26 bits per heavy atom. The van der Waals surface area contributed by atoms with Gasteiger partial charge in [-0.25, -0.2) is 0 Å². The number of benzene rings is 1. The molecule has 1 fully saturated rings. The van der Waals surface area contributed by atoms with Crippen molar-refractivity contribution in [1.82, 2.24) is 5.32 Å². The average molecular weight is 263 g/mol. The summed E-state index contributed by atoms with van der Waals surface area (Å²) in [5.41, 5.74) is 1.30. The van der Waals surface area contributed by atoms with E-state index in [1.165, 1.54) is 24.8 Å². The van der Waals surface area contributed by atoms with Gasteiger partial charge < -0.3 is 14.8 Å². The van der Waals surface area contributed by atoms with E-state index in [1.54, 1.807) is 0 Å². The summed E-state index contributed by atoms with van der Waals surface area (Å²) in [5.74, 6) is 0.946. The molecule has 1 saturated heterocycles. The van der Waals surface area contributed by atoms with Gasteiger partial charge in [0.1, 0.15) is 5.75 Å². The second-order valence-electron chi connectivity index (χ2n) is 5.03. The lowest BCUT2D eigenvalue weighted by atomic mass is 10.1. The first-order chi connectivity index (χ1) is 9.38. The van der Waals surface area contributed by atoms with Gasteiger partial charge in [-0.3, -0.25) is 0 Å². The van der Waals surface area contributed by atoms with Crippen LogP contribution in [0.25, 0.3) is 0 Å². The van der Waals surface area contributed by atoms with Crippen LogP contribution in [0.2, 0.25) is 0 Å². The van der Waals surface area contributed by atoms with E-state index in [0.717, 1.165) is 38.5 Å². The van der Waals surface area contributed by atoms with Crippen molar-refractivity contribution in [3.8, 4) is 5.75 Å². The zero-order valence-electron chi connectivity index (χ0n) is 11.9.